The number of alkyl halides is 2. The van der Waals surface area contributed by atoms with Gasteiger partial charge in [0.15, 0.2) is 10.0 Å². The molecule has 0 saturated carbocycles. The van der Waals surface area contributed by atoms with Crippen LogP contribution in [0.3, 0.4) is 0 Å². The Hall–Kier alpha value is -1.89. The summed E-state index contributed by atoms with van der Waals surface area (Å²) in [6, 6.07) is 7.45. The maximum Gasteiger partial charge on any atom is 0.291 e. The molecule has 3 aromatic rings. The summed E-state index contributed by atoms with van der Waals surface area (Å²) in [6.45, 7) is 0. The lowest BCUT2D eigenvalue weighted by molar-refractivity contribution is 0.150. The van der Waals surface area contributed by atoms with Crippen molar-refractivity contribution in [1.29, 1.82) is 0 Å². The number of benzene rings is 1. The fourth-order valence-corrected chi connectivity index (χ4v) is 2.25. The van der Waals surface area contributed by atoms with Gasteiger partial charge >= 0.3 is 0 Å². The number of rotatable bonds is 2. The Morgan fingerprint density at radius 1 is 1.18 bits per heavy atom. The van der Waals surface area contributed by atoms with Gasteiger partial charge in [0.25, 0.3) is 6.43 Å². The Morgan fingerprint density at radius 3 is 2.76 bits per heavy atom. The van der Waals surface area contributed by atoms with Gasteiger partial charge in [-0.05, 0) is 6.07 Å². The fourth-order valence-electron chi connectivity index (χ4n) is 1.54. The summed E-state index contributed by atoms with van der Waals surface area (Å²) in [4.78, 5) is 0. The van der Waals surface area contributed by atoms with E-state index in [1.165, 1.54) is 0 Å². The third-order valence-corrected chi connectivity index (χ3v) is 3.24. The van der Waals surface area contributed by atoms with E-state index in [9.17, 15) is 8.78 Å². The summed E-state index contributed by atoms with van der Waals surface area (Å²) in [5.74, 6) is 0. The lowest BCUT2D eigenvalue weighted by Gasteiger charge is -1.89. The van der Waals surface area contributed by atoms with Crippen molar-refractivity contribution in [1.82, 2.24) is 20.4 Å². The van der Waals surface area contributed by atoms with Crippen molar-refractivity contribution in [3.8, 4) is 10.7 Å². The molecule has 0 spiro atoms. The van der Waals surface area contributed by atoms with Gasteiger partial charge in [0.2, 0.25) is 0 Å². The SMILES string of the molecule is FC(F)c1nnc(-c2n[nH]c3ccccc23)s1. The molecular weight excluding hydrogens is 246 g/mol. The molecular formula is C10H6F2N4S. The van der Waals surface area contributed by atoms with E-state index in [-0.39, 0.29) is 5.01 Å². The Balaban J connectivity index is 2.14. The van der Waals surface area contributed by atoms with Crippen molar-refractivity contribution < 1.29 is 8.78 Å². The number of aromatic nitrogens is 4. The lowest BCUT2D eigenvalue weighted by Crippen LogP contribution is -1.80. The molecule has 0 saturated heterocycles. The molecule has 4 nitrogen and oxygen atoms in total. The number of hydrogen-bond acceptors (Lipinski definition) is 4. The van der Waals surface area contributed by atoms with Gasteiger partial charge in [0, 0.05) is 5.39 Å². The highest BCUT2D eigenvalue weighted by molar-refractivity contribution is 7.14. The van der Waals surface area contributed by atoms with Gasteiger partial charge < -0.3 is 0 Å². The van der Waals surface area contributed by atoms with E-state index in [2.05, 4.69) is 20.4 Å². The van der Waals surface area contributed by atoms with Gasteiger partial charge in [0.05, 0.1) is 5.52 Å². The van der Waals surface area contributed by atoms with E-state index < -0.39 is 6.43 Å². The van der Waals surface area contributed by atoms with Crippen molar-refractivity contribution in [2.45, 2.75) is 6.43 Å². The second kappa shape index (κ2) is 3.85. The zero-order chi connectivity index (χ0) is 11.8. The highest BCUT2D eigenvalue weighted by Gasteiger charge is 2.17. The molecule has 1 aromatic carbocycles. The smallest absolute Gasteiger partial charge is 0.277 e. The van der Waals surface area contributed by atoms with E-state index in [0.29, 0.717) is 10.7 Å². The molecule has 86 valence electrons. The number of nitrogens with zero attached hydrogens (tertiary/aromatic N) is 3. The van der Waals surface area contributed by atoms with Crippen molar-refractivity contribution in [2.24, 2.45) is 0 Å². The molecule has 3 rings (SSSR count). The van der Waals surface area contributed by atoms with Crippen LogP contribution >= 0.6 is 11.3 Å². The van der Waals surface area contributed by atoms with Gasteiger partial charge in [-0.2, -0.15) is 5.10 Å². The summed E-state index contributed by atoms with van der Waals surface area (Å²) < 4.78 is 24.8. The molecule has 0 bridgehead atoms. The van der Waals surface area contributed by atoms with Crippen LogP contribution in [0.4, 0.5) is 8.78 Å². The molecule has 0 unspecified atom stereocenters. The largest absolute Gasteiger partial charge is 0.291 e. The van der Waals surface area contributed by atoms with Crippen molar-refractivity contribution in [3.05, 3.63) is 29.3 Å². The summed E-state index contributed by atoms with van der Waals surface area (Å²) in [6.07, 6.45) is -2.59. The fraction of sp³-hybridized carbons (Fsp3) is 0.100. The maximum absolute atomic E-state index is 12.4. The first-order valence-electron chi connectivity index (χ1n) is 4.81. The number of hydrogen-bond donors (Lipinski definition) is 1. The monoisotopic (exact) mass is 252 g/mol. The molecule has 2 heterocycles. The third-order valence-electron chi connectivity index (χ3n) is 2.30. The predicted molar refractivity (Wildman–Crippen MR) is 60.0 cm³/mol. The second-order valence-electron chi connectivity index (χ2n) is 3.36. The van der Waals surface area contributed by atoms with E-state index in [1.807, 2.05) is 24.3 Å². The molecule has 0 aliphatic rings. The average Bonchev–Trinajstić information content (AvgIpc) is 2.95. The zero-order valence-electron chi connectivity index (χ0n) is 8.39. The van der Waals surface area contributed by atoms with Crippen molar-refractivity contribution >= 4 is 22.2 Å². The van der Waals surface area contributed by atoms with Gasteiger partial charge in [0.1, 0.15) is 5.69 Å². The maximum atomic E-state index is 12.4. The average molecular weight is 252 g/mol. The van der Waals surface area contributed by atoms with Crippen LogP contribution in [-0.2, 0) is 0 Å². The Bertz CT molecular complexity index is 661. The van der Waals surface area contributed by atoms with E-state index in [0.717, 1.165) is 22.2 Å². The zero-order valence-corrected chi connectivity index (χ0v) is 9.21. The first-order chi connectivity index (χ1) is 8.25. The number of aromatic amines is 1. The minimum absolute atomic E-state index is 0.285. The molecule has 0 atom stereocenters. The minimum atomic E-state index is -2.59. The number of fused-ring (bicyclic) bond motifs is 1. The molecule has 0 aliphatic carbocycles. The van der Waals surface area contributed by atoms with Gasteiger partial charge in [-0.25, -0.2) is 8.78 Å². The number of para-hydroxylation sites is 1. The summed E-state index contributed by atoms with van der Waals surface area (Å²) >= 11 is 0.859. The van der Waals surface area contributed by atoms with Crippen LogP contribution in [0, 0.1) is 0 Å². The van der Waals surface area contributed by atoms with Crippen LogP contribution in [0.25, 0.3) is 21.6 Å². The first-order valence-corrected chi connectivity index (χ1v) is 5.62. The molecule has 17 heavy (non-hydrogen) atoms. The first kappa shape index (κ1) is 10.3. The summed E-state index contributed by atoms with van der Waals surface area (Å²) in [5, 5.41) is 15.0. The number of halogens is 2. The van der Waals surface area contributed by atoms with E-state index in [4.69, 9.17) is 0 Å². The lowest BCUT2D eigenvalue weighted by atomic mass is 10.2. The molecule has 7 heteroatoms. The number of H-pyrrole nitrogens is 1. The highest BCUT2D eigenvalue weighted by atomic mass is 32.1. The Morgan fingerprint density at radius 2 is 2.00 bits per heavy atom. The topological polar surface area (TPSA) is 54.5 Å². The van der Waals surface area contributed by atoms with Crippen LogP contribution in [0.1, 0.15) is 11.4 Å². The quantitative estimate of drug-likeness (QED) is 0.762. The second-order valence-corrected chi connectivity index (χ2v) is 4.37. The number of nitrogens with one attached hydrogen (secondary N) is 1. The molecule has 1 N–H and O–H groups in total. The van der Waals surface area contributed by atoms with Crippen molar-refractivity contribution in [3.63, 3.8) is 0 Å². The minimum Gasteiger partial charge on any atom is -0.277 e. The molecule has 0 radical (unpaired) electrons. The molecule has 0 fully saturated rings. The molecule has 0 aliphatic heterocycles. The Labute approximate surface area is 98.3 Å². The highest BCUT2D eigenvalue weighted by Crippen LogP contribution is 2.31. The summed E-state index contributed by atoms with van der Waals surface area (Å²) in [7, 11) is 0. The van der Waals surface area contributed by atoms with Crippen LogP contribution in [0.2, 0.25) is 0 Å². The van der Waals surface area contributed by atoms with Crippen LogP contribution in [-0.4, -0.2) is 20.4 Å². The van der Waals surface area contributed by atoms with Gasteiger partial charge in [-0.3, -0.25) is 5.10 Å². The van der Waals surface area contributed by atoms with Gasteiger partial charge in [-0.1, -0.05) is 29.5 Å². The summed E-state index contributed by atoms with van der Waals surface area (Å²) in [5.41, 5.74) is 1.40. The van der Waals surface area contributed by atoms with Crippen LogP contribution in [0.15, 0.2) is 24.3 Å². The normalized spacial score (nSPS) is 11.5. The van der Waals surface area contributed by atoms with E-state index in [1.54, 1.807) is 0 Å². The van der Waals surface area contributed by atoms with Crippen molar-refractivity contribution in [2.75, 3.05) is 0 Å². The Kier molecular flexibility index (Phi) is 2.32. The van der Waals surface area contributed by atoms with Crippen LogP contribution in [0.5, 0.6) is 0 Å². The molecule has 2 aromatic heterocycles. The van der Waals surface area contributed by atoms with E-state index >= 15 is 0 Å². The molecule has 0 amide bonds. The standard InChI is InChI=1S/C10H6F2N4S/c11-8(12)10-16-15-9(17-10)7-5-3-1-2-4-6(5)13-14-7/h1-4,8H,(H,13,14). The predicted octanol–water partition coefficient (Wildman–Crippen LogP) is 3.02. The third kappa shape index (κ3) is 1.68. The van der Waals surface area contributed by atoms with Gasteiger partial charge in [-0.15, -0.1) is 10.2 Å². The van der Waals surface area contributed by atoms with Crippen LogP contribution < -0.4 is 0 Å².